The Kier molecular flexibility index (Phi) is 4.98. The fourth-order valence-electron chi connectivity index (χ4n) is 3.13. The largest absolute Gasteiger partial charge is 0.361 e. The highest BCUT2D eigenvalue weighted by molar-refractivity contribution is 7.13. The number of fused-ring (bicyclic) bond motifs is 1. The van der Waals surface area contributed by atoms with Crippen molar-refractivity contribution >= 4 is 28.3 Å². The number of hydrogen-bond donors (Lipinski definition) is 1. The number of anilines is 1. The van der Waals surface area contributed by atoms with E-state index in [9.17, 15) is 9.59 Å². The number of nitrogens with one attached hydrogen (secondary N) is 1. The number of imide groups is 1. The van der Waals surface area contributed by atoms with Crippen molar-refractivity contribution in [3.8, 4) is 0 Å². The maximum atomic E-state index is 12.4. The molecular formula is C21H19N3O2S. The predicted octanol–water partition coefficient (Wildman–Crippen LogP) is 3.64. The first-order chi connectivity index (χ1) is 13.2. The molecule has 6 heteroatoms. The normalized spacial score (nSPS) is 13.1. The van der Waals surface area contributed by atoms with Crippen LogP contribution in [0.1, 0.15) is 32.0 Å². The average Bonchev–Trinajstić information content (AvgIpc) is 3.25. The number of thiazole rings is 1. The molecule has 0 atom stereocenters. The van der Waals surface area contributed by atoms with Crippen LogP contribution in [0.2, 0.25) is 0 Å². The summed E-state index contributed by atoms with van der Waals surface area (Å²) in [5, 5.41) is 6.17. The zero-order chi connectivity index (χ0) is 18.6. The van der Waals surface area contributed by atoms with Crippen molar-refractivity contribution in [2.75, 3.05) is 18.4 Å². The first-order valence-electron chi connectivity index (χ1n) is 8.90. The number of benzene rings is 2. The lowest BCUT2D eigenvalue weighted by atomic mass is 10.1. The van der Waals surface area contributed by atoms with Crippen molar-refractivity contribution in [2.24, 2.45) is 0 Å². The van der Waals surface area contributed by atoms with E-state index in [4.69, 9.17) is 0 Å². The van der Waals surface area contributed by atoms with Crippen LogP contribution in [0.25, 0.3) is 0 Å². The van der Waals surface area contributed by atoms with Crippen LogP contribution in [-0.4, -0.2) is 34.8 Å². The van der Waals surface area contributed by atoms with Crippen LogP contribution >= 0.6 is 11.3 Å². The lowest BCUT2D eigenvalue weighted by molar-refractivity contribution is 0.0656. The van der Waals surface area contributed by atoms with E-state index in [1.54, 1.807) is 35.6 Å². The monoisotopic (exact) mass is 377 g/mol. The lowest BCUT2D eigenvalue weighted by Crippen LogP contribution is -2.31. The van der Waals surface area contributed by atoms with E-state index < -0.39 is 0 Å². The summed E-state index contributed by atoms with van der Waals surface area (Å²) in [6.07, 6.45) is 1.49. The second kappa shape index (κ2) is 7.72. The third-order valence-corrected chi connectivity index (χ3v) is 5.40. The van der Waals surface area contributed by atoms with E-state index in [0.717, 1.165) is 23.8 Å². The number of nitrogens with zero attached hydrogens (tertiary/aromatic N) is 2. The van der Waals surface area contributed by atoms with E-state index in [0.29, 0.717) is 24.1 Å². The molecule has 0 bridgehead atoms. The Morgan fingerprint density at radius 1 is 0.889 bits per heavy atom. The molecule has 3 aromatic rings. The van der Waals surface area contributed by atoms with Crippen LogP contribution in [0, 0.1) is 0 Å². The summed E-state index contributed by atoms with van der Waals surface area (Å²) in [5.41, 5.74) is 3.15. The number of hydrogen-bond acceptors (Lipinski definition) is 5. The third-order valence-electron chi connectivity index (χ3n) is 4.55. The molecule has 0 fully saturated rings. The van der Waals surface area contributed by atoms with E-state index in [1.807, 2.05) is 23.6 Å². The van der Waals surface area contributed by atoms with Crippen LogP contribution in [0.3, 0.4) is 0 Å². The first-order valence-corrected chi connectivity index (χ1v) is 9.78. The fraction of sp³-hybridized carbons (Fsp3) is 0.190. The van der Waals surface area contributed by atoms with Gasteiger partial charge in [-0.25, -0.2) is 4.98 Å². The Labute approximate surface area is 161 Å². The van der Waals surface area contributed by atoms with Gasteiger partial charge in [-0.3, -0.25) is 14.5 Å². The van der Waals surface area contributed by atoms with Crippen molar-refractivity contribution < 1.29 is 9.59 Å². The van der Waals surface area contributed by atoms with Gasteiger partial charge in [0.05, 0.1) is 16.8 Å². The molecule has 5 nitrogen and oxygen atoms in total. The number of carbonyl (C=O) groups is 2. The molecule has 1 aliphatic heterocycles. The summed E-state index contributed by atoms with van der Waals surface area (Å²) >= 11 is 1.55. The predicted molar refractivity (Wildman–Crippen MR) is 106 cm³/mol. The molecule has 1 aliphatic rings. The Morgan fingerprint density at radius 2 is 1.56 bits per heavy atom. The van der Waals surface area contributed by atoms with Crippen LogP contribution in [0.5, 0.6) is 0 Å². The van der Waals surface area contributed by atoms with Gasteiger partial charge in [-0.1, -0.05) is 42.5 Å². The van der Waals surface area contributed by atoms with E-state index in [1.165, 1.54) is 10.5 Å². The summed E-state index contributed by atoms with van der Waals surface area (Å²) in [7, 11) is 0. The van der Waals surface area contributed by atoms with Gasteiger partial charge in [0.15, 0.2) is 5.13 Å². The minimum absolute atomic E-state index is 0.216. The summed E-state index contributed by atoms with van der Waals surface area (Å²) in [6.45, 7) is 1.16. The third kappa shape index (κ3) is 3.75. The van der Waals surface area contributed by atoms with Crippen LogP contribution in [-0.2, 0) is 12.8 Å². The number of amides is 2. The standard InChI is InChI=1S/C21H19N3O2S/c25-19-17-8-4-5-9-18(17)20(26)24(19)13-11-16-14-27-21(23-16)22-12-10-15-6-2-1-3-7-15/h1-9,14H,10-13H2,(H,22,23). The number of carbonyl (C=O) groups excluding carboxylic acids is 2. The Bertz CT molecular complexity index is 933. The van der Waals surface area contributed by atoms with Crippen molar-refractivity contribution in [3.05, 3.63) is 82.4 Å². The summed E-state index contributed by atoms with van der Waals surface area (Å²) in [6, 6.07) is 17.3. The summed E-state index contributed by atoms with van der Waals surface area (Å²) in [4.78, 5) is 30.6. The molecule has 27 heavy (non-hydrogen) atoms. The van der Waals surface area contributed by atoms with Gasteiger partial charge >= 0.3 is 0 Å². The molecule has 2 aromatic carbocycles. The van der Waals surface area contributed by atoms with E-state index in [-0.39, 0.29) is 11.8 Å². The quantitative estimate of drug-likeness (QED) is 0.639. The van der Waals surface area contributed by atoms with Crippen LogP contribution in [0.15, 0.2) is 60.0 Å². The molecular weight excluding hydrogens is 358 g/mol. The van der Waals surface area contributed by atoms with Gasteiger partial charge in [-0.15, -0.1) is 11.3 Å². The molecule has 1 aromatic heterocycles. The van der Waals surface area contributed by atoms with Crippen LogP contribution in [0.4, 0.5) is 5.13 Å². The highest BCUT2D eigenvalue weighted by Crippen LogP contribution is 2.23. The molecule has 2 amide bonds. The van der Waals surface area contributed by atoms with Crippen molar-refractivity contribution in [2.45, 2.75) is 12.8 Å². The van der Waals surface area contributed by atoms with Gasteiger partial charge in [0.1, 0.15) is 0 Å². The Hall–Kier alpha value is -2.99. The average molecular weight is 377 g/mol. The van der Waals surface area contributed by atoms with Crippen molar-refractivity contribution in [1.29, 1.82) is 0 Å². The Morgan fingerprint density at radius 3 is 2.26 bits per heavy atom. The smallest absolute Gasteiger partial charge is 0.261 e. The zero-order valence-corrected chi connectivity index (χ0v) is 15.5. The molecule has 0 saturated carbocycles. The zero-order valence-electron chi connectivity index (χ0n) is 14.7. The SMILES string of the molecule is O=C1c2ccccc2C(=O)N1CCc1csc(NCCc2ccccc2)n1. The van der Waals surface area contributed by atoms with Gasteiger partial charge in [-0.2, -0.15) is 0 Å². The minimum atomic E-state index is -0.216. The molecule has 0 spiro atoms. The Balaban J connectivity index is 1.30. The van der Waals surface area contributed by atoms with Gasteiger partial charge in [-0.05, 0) is 24.1 Å². The molecule has 0 radical (unpaired) electrons. The van der Waals surface area contributed by atoms with Gasteiger partial charge in [0, 0.05) is 24.9 Å². The molecule has 136 valence electrons. The van der Waals surface area contributed by atoms with Gasteiger partial charge < -0.3 is 5.32 Å². The second-order valence-corrected chi connectivity index (χ2v) is 7.22. The molecule has 4 rings (SSSR count). The molecule has 2 heterocycles. The molecule has 0 aliphatic carbocycles. The summed E-state index contributed by atoms with van der Waals surface area (Å²) in [5.74, 6) is -0.431. The summed E-state index contributed by atoms with van der Waals surface area (Å²) < 4.78 is 0. The van der Waals surface area contributed by atoms with Crippen LogP contribution < -0.4 is 5.32 Å². The maximum absolute atomic E-state index is 12.4. The maximum Gasteiger partial charge on any atom is 0.261 e. The molecule has 0 saturated heterocycles. The second-order valence-electron chi connectivity index (χ2n) is 6.36. The molecule has 1 N–H and O–H groups in total. The van der Waals surface area contributed by atoms with E-state index in [2.05, 4.69) is 22.4 Å². The minimum Gasteiger partial charge on any atom is -0.361 e. The van der Waals surface area contributed by atoms with Gasteiger partial charge in [0.25, 0.3) is 11.8 Å². The highest BCUT2D eigenvalue weighted by atomic mass is 32.1. The topological polar surface area (TPSA) is 62.3 Å². The van der Waals surface area contributed by atoms with Crippen molar-refractivity contribution in [1.82, 2.24) is 9.88 Å². The first kappa shape index (κ1) is 17.4. The highest BCUT2D eigenvalue weighted by Gasteiger charge is 2.34. The van der Waals surface area contributed by atoms with E-state index >= 15 is 0 Å². The lowest BCUT2D eigenvalue weighted by Gasteiger charge is -2.12. The van der Waals surface area contributed by atoms with Crippen molar-refractivity contribution in [3.63, 3.8) is 0 Å². The molecule has 0 unspecified atom stereocenters. The van der Waals surface area contributed by atoms with Gasteiger partial charge in [0.2, 0.25) is 0 Å². The fourth-order valence-corrected chi connectivity index (χ4v) is 3.90. The number of aromatic nitrogens is 1. The number of rotatable bonds is 7.